The third-order valence-corrected chi connectivity index (χ3v) is 4.18. The van der Waals surface area contributed by atoms with E-state index in [0.29, 0.717) is 36.8 Å². The third-order valence-electron chi connectivity index (χ3n) is 3.59. The van der Waals surface area contributed by atoms with Gasteiger partial charge in [-0.05, 0) is 47.8 Å². The second-order valence-electron chi connectivity index (χ2n) is 5.05. The number of nitrogens with zero attached hydrogens (tertiary/aromatic N) is 1. The van der Waals surface area contributed by atoms with Crippen LogP contribution in [0, 0.1) is 0 Å². The molecule has 5 nitrogen and oxygen atoms in total. The molecule has 0 aromatic heterocycles. The number of piperidine rings is 1. The van der Waals surface area contributed by atoms with E-state index in [2.05, 4.69) is 15.9 Å². The molecular formula is C15H21BrN2O3. The average Bonchev–Trinajstić information content (AvgIpc) is 2.49. The number of likely N-dealkylation sites (tertiary alicyclic amines) is 1. The maximum atomic E-state index is 12.6. The zero-order valence-electron chi connectivity index (χ0n) is 12.4. The van der Waals surface area contributed by atoms with Crippen LogP contribution in [0.4, 0.5) is 0 Å². The molecule has 21 heavy (non-hydrogen) atoms. The van der Waals surface area contributed by atoms with E-state index < -0.39 is 0 Å². The van der Waals surface area contributed by atoms with E-state index in [-0.39, 0.29) is 11.9 Å². The van der Waals surface area contributed by atoms with Crippen molar-refractivity contribution in [1.29, 1.82) is 0 Å². The molecule has 0 aliphatic carbocycles. The highest BCUT2D eigenvalue weighted by molar-refractivity contribution is 9.10. The van der Waals surface area contributed by atoms with Crippen LogP contribution in [0.3, 0.4) is 0 Å². The van der Waals surface area contributed by atoms with Crippen molar-refractivity contribution in [3.63, 3.8) is 0 Å². The van der Waals surface area contributed by atoms with Crippen LogP contribution < -0.4 is 15.2 Å². The molecule has 1 saturated heterocycles. The second-order valence-corrected chi connectivity index (χ2v) is 5.91. The number of hydrogen-bond donors (Lipinski definition) is 1. The molecule has 2 rings (SSSR count). The summed E-state index contributed by atoms with van der Waals surface area (Å²) in [6.07, 6.45) is 1.70. The number of methoxy groups -OCH3 is 1. The highest BCUT2D eigenvalue weighted by Crippen LogP contribution is 2.37. The third kappa shape index (κ3) is 3.68. The molecule has 1 amide bonds. The molecule has 1 aromatic carbocycles. The van der Waals surface area contributed by atoms with Crippen molar-refractivity contribution in [1.82, 2.24) is 4.90 Å². The van der Waals surface area contributed by atoms with Crippen molar-refractivity contribution in [2.75, 3.05) is 26.8 Å². The number of benzene rings is 1. The van der Waals surface area contributed by atoms with Crippen LogP contribution in [0.1, 0.15) is 30.1 Å². The number of amides is 1. The molecule has 1 heterocycles. The maximum absolute atomic E-state index is 12.6. The van der Waals surface area contributed by atoms with Gasteiger partial charge in [-0.2, -0.15) is 0 Å². The molecule has 0 atom stereocenters. The summed E-state index contributed by atoms with van der Waals surface area (Å²) in [6, 6.07) is 3.72. The minimum absolute atomic E-state index is 0.00366. The van der Waals surface area contributed by atoms with E-state index in [1.807, 2.05) is 11.8 Å². The van der Waals surface area contributed by atoms with Crippen LogP contribution in [-0.4, -0.2) is 43.7 Å². The summed E-state index contributed by atoms with van der Waals surface area (Å²) in [7, 11) is 1.57. The lowest BCUT2D eigenvalue weighted by Gasteiger charge is -2.30. The van der Waals surface area contributed by atoms with Crippen molar-refractivity contribution in [3.8, 4) is 11.5 Å². The van der Waals surface area contributed by atoms with Gasteiger partial charge in [0.05, 0.1) is 18.2 Å². The Labute approximate surface area is 133 Å². The zero-order valence-corrected chi connectivity index (χ0v) is 14.0. The Bertz CT molecular complexity index is 514. The fourth-order valence-corrected chi connectivity index (χ4v) is 2.97. The molecule has 1 fully saturated rings. The molecule has 2 N–H and O–H groups in total. The molecule has 1 aliphatic heterocycles. The van der Waals surface area contributed by atoms with Crippen LogP contribution in [0.5, 0.6) is 11.5 Å². The van der Waals surface area contributed by atoms with Gasteiger partial charge in [-0.15, -0.1) is 0 Å². The van der Waals surface area contributed by atoms with E-state index in [1.54, 1.807) is 19.2 Å². The van der Waals surface area contributed by atoms with E-state index in [1.165, 1.54) is 0 Å². The number of carbonyl (C=O) groups is 1. The Morgan fingerprint density at radius 1 is 1.43 bits per heavy atom. The van der Waals surface area contributed by atoms with Gasteiger partial charge in [0, 0.05) is 24.7 Å². The first-order valence-corrected chi connectivity index (χ1v) is 7.91. The first kappa shape index (κ1) is 16.1. The monoisotopic (exact) mass is 356 g/mol. The SMILES string of the molecule is CCOc1c(Br)cc(C(=O)N2CCC(N)CC2)cc1OC. The molecule has 6 heteroatoms. The van der Waals surface area contributed by atoms with Gasteiger partial charge in [0.25, 0.3) is 5.91 Å². The number of halogens is 1. The van der Waals surface area contributed by atoms with Crippen molar-refractivity contribution in [3.05, 3.63) is 22.2 Å². The van der Waals surface area contributed by atoms with Crippen molar-refractivity contribution in [2.45, 2.75) is 25.8 Å². The largest absolute Gasteiger partial charge is 0.493 e. The Morgan fingerprint density at radius 3 is 2.67 bits per heavy atom. The van der Waals surface area contributed by atoms with Crippen molar-refractivity contribution >= 4 is 21.8 Å². The standard InChI is InChI=1S/C15H21BrN2O3/c1-3-21-14-12(16)8-10(9-13(14)20-2)15(19)18-6-4-11(17)5-7-18/h8-9,11H,3-7,17H2,1-2H3. The van der Waals surface area contributed by atoms with E-state index in [0.717, 1.165) is 17.3 Å². The molecular weight excluding hydrogens is 336 g/mol. The Hall–Kier alpha value is -1.27. The van der Waals surface area contributed by atoms with Gasteiger partial charge in [-0.25, -0.2) is 0 Å². The van der Waals surface area contributed by atoms with Crippen LogP contribution in [0.2, 0.25) is 0 Å². The van der Waals surface area contributed by atoms with Crippen LogP contribution in [0.25, 0.3) is 0 Å². The van der Waals surface area contributed by atoms with Gasteiger partial charge in [0.2, 0.25) is 0 Å². The summed E-state index contributed by atoms with van der Waals surface area (Å²) >= 11 is 3.45. The Morgan fingerprint density at radius 2 is 2.10 bits per heavy atom. The lowest BCUT2D eigenvalue weighted by atomic mass is 10.0. The molecule has 116 valence electrons. The van der Waals surface area contributed by atoms with Crippen LogP contribution in [0.15, 0.2) is 16.6 Å². The molecule has 0 spiro atoms. The quantitative estimate of drug-likeness (QED) is 0.899. The topological polar surface area (TPSA) is 64.8 Å². The van der Waals surface area contributed by atoms with Gasteiger partial charge in [0.15, 0.2) is 11.5 Å². The summed E-state index contributed by atoms with van der Waals surface area (Å²) in [5.41, 5.74) is 6.47. The fraction of sp³-hybridized carbons (Fsp3) is 0.533. The van der Waals surface area contributed by atoms with Gasteiger partial charge < -0.3 is 20.1 Å². The number of rotatable bonds is 4. The number of ether oxygens (including phenoxy) is 2. The van der Waals surface area contributed by atoms with E-state index in [4.69, 9.17) is 15.2 Å². The fourth-order valence-electron chi connectivity index (χ4n) is 2.41. The zero-order chi connectivity index (χ0) is 15.4. The minimum atomic E-state index is 0.00366. The Balaban J connectivity index is 2.23. The highest BCUT2D eigenvalue weighted by atomic mass is 79.9. The summed E-state index contributed by atoms with van der Waals surface area (Å²) in [6.45, 7) is 3.84. The molecule has 0 radical (unpaired) electrons. The first-order chi connectivity index (χ1) is 10.1. The van der Waals surface area contributed by atoms with Crippen LogP contribution >= 0.6 is 15.9 Å². The first-order valence-electron chi connectivity index (χ1n) is 7.12. The highest BCUT2D eigenvalue weighted by Gasteiger charge is 2.23. The summed E-state index contributed by atoms with van der Waals surface area (Å²) in [5.74, 6) is 1.18. The molecule has 0 bridgehead atoms. The molecule has 1 aromatic rings. The second kappa shape index (κ2) is 7.13. The van der Waals surface area contributed by atoms with Crippen LogP contribution in [-0.2, 0) is 0 Å². The summed E-state index contributed by atoms with van der Waals surface area (Å²) in [5, 5.41) is 0. The van der Waals surface area contributed by atoms with Crippen molar-refractivity contribution in [2.24, 2.45) is 5.73 Å². The molecule has 0 unspecified atom stereocenters. The van der Waals surface area contributed by atoms with Gasteiger partial charge >= 0.3 is 0 Å². The number of hydrogen-bond acceptors (Lipinski definition) is 4. The summed E-state index contributed by atoms with van der Waals surface area (Å²) in [4.78, 5) is 14.4. The molecule has 1 aliphatic rings. The normalized spacial score (nSPS) is 15.9. The maximum Gasteiger partial charge on any atom is 0.254 e. The predicted molar refractivity (Wildman–Crippen MR) is 85.0 cm³/mol. The number of nitrogens with two attached hydrogens (primary N) is 1. The van der Waals surface area contributed by atoms with E-state index >= 15 is 0 Å². The van der Waals surface area contributed by atoms with Crippen molar-refractivity contribution < 1.29 is 14.3 Å². The predicted octanol–water partition coefficient (Wildman–Crippen LogP) is 2.42. The molecule has 0 saturated carbocycles. The average molecular weight is 357 g/mol. The minimum Gasteiger partial charge on any atom is -0.493 e. The smallest absolute Gasteiger partial charge is 0.254 e. The van der Waals surface area contributed by atoms with Gasteiger partial charge in [-0.3, -0.25) is 4.79 Å². The van der Waals surface area contributed by atoms with Gasteiger partial charge in [0.1, 0.15) is 0 Å². The summed E-state index contributed by atoms with van der Waals surface area (Å²) < 4.78 is 11.6. The lowest BCUT2D eigenvalue weighted by Crippen LogP contribution is -2.42. The Kier molecular flexibility index (Phi) is 5.47. The van der Waals surface area contributed by atoms with E-state index in [9.17, 15) is 4.79 Å². The lowest BCUT2D eigenvalue weighted by molar-refractivity contribution is 0.0714. The van der Waals surface area contributed by atoms with Gasteiger partial charge in [-0.1, -0.05) is 0 Å². The number of carbonyl (C=O) groups excluding carboxylic acids is 1.